The Balaban J connectivity index is 0.00000400. The summed E-state index contributed by atoms with van der Waals surface area (Å²) >= 11 is 0. The standard InChI is InChI=1S/C16H26N2O2.ClH/c1-11(2)14-7-6-12(3)8-15(14)20-10-16(19)18(5)13(4)9-17;/h6-8,11,13H,9-10,17H2,1-5H3;1H. The molecule has 0 radical (unpaired) electrons. The summed E-state index contributed by atoms with van der Waals surface area (Å²) < 4.78 is 5.72. The van der Waals surface area contributed by atoms with E-state index in [1.54, 1.807) is 11.9 Å². The van der Waals surface area contributed by atoms with E-state index in [-0.39, 0.29) is 31.0 Å². The molecule has 1 aromatic rings. The highest BCUT2D eigenvalue weighted by Crippen LogP contribution is 2.27. The number of carbonyl (C=O) groups is 1. The summed E-state index contributed by atoms with van der Waals surface area (Å²) in [5.41, 5.74) is 7.82. The molecule has 120 valence electrons. The molecule has 0 aliphatic carbocycles. The monoisotopic (exact) mass is 314 g/mol. The third kappa shape index (κ3) is 5.56. The van der Waals surface area contributed by atoms with Crippen molar-refractivity contribution in [3.05, 3.63) is 29.3 Å². The van der Waals surface area contributed by atoms with Gasteiger partial charge in [-0.25, -0.2) is 0 Å². The molecule has 0 aliphatic heterocycles. The highest BCUT2D eigenvalue weighted by Gasteiger charge is 2.16. The van der Waals surface area contributed by atoms with E-state index < -0.39 is 0 Å². The van der Waals surface area contributed by atoms with Crippen LogP contribution in [0.1, 0.15) is 37.8 Å². The molecule has 2 N–H and O–H groups in total. The summed E-state index contributed by atoms with van der Waals surface area (Å²) in [6.45, 7) is 8.66. The van der Waals surface area contributed by atoms with Crippen LogP contribution in [0.4, 0.5) is 0 Å². The minimum Gasteiger partial charge on any atom is -0.483 e. The maximum absolute atomic E-state index is 12.0. The van der Waals surface area contributed by atoms with E-state index in [0.717, 1.165) is 16.9 Å². The molecule has 4 nitrogen and oxygen atoms in total. The van der Waals surface area contributed by atoms with E-state index in [0.29, 0.717) is 12.5 Å². The van der Waals surface area contributed by atoms with Crippen LogP contribution in [0, 0.1) is 6.92 Å². The second-order valence-corrected chi connectivity index (χ2v) is 5.57. The number of amides is 1. The van der Waals surface area contributed by atoms with Crippen LogP contribution in [-0.2, 0) is 4.79 Å². The number of rotatable bonds is 6. The summed E-state index contributed by atoms with van der Waals surface area (Å²) in [5, 5.41) is 0. The third-order valence-electron chi connectivity index (χ3n) is 3.54. The number of halogens is 1. The fraction of sp³-hybridized carbons (Fsp3) is 0.562. The molecule has 1 rings (SSSR count). The van der Waals surface area contributed by atoms with Gasteiger partial charge in [-0.1, -0.05) is 26.0 Å². The van der Waals surface area contributed by atoms with Gasteiger partial charge in [-0.3, -0.25) is 4.79 Å². The van der Waals surface area contributed by atoms with Crippen molar-refractivity contribution >= 4 is 18.3 Å². The predicted molar refractivity (Wildman–Crippen MR) is 89.3 cm³/mol. The van der Waals surface area contributed by atoms with Gasteiger partial charge in [-0.2, -0.15) is 0 Å². The van der Waals surface area contributed by atoms with E-state index in [4.69, 9.17) is 10.5 Å². The first-order chi connectivity index (χ1) is 9.36. The van der Waals surface area contributed by atoms with Crippen molar-refractivity contribution in [3.8, 4) is 5.75 Å². The number of nitrogens with zero attached hydrogens (tertiary/aromatic N) is 1. The molecular formula is C16H27ClN2O2. The van der Waals surface area contributed by atoms with Crippen molar-refractivity contribution in [2.45, 2.75) is 39.7 Å². The number of hydrogen-bond acceptors (Lipinski definition) is 3. The molecular weight excluding hydrogens is 288 g/mol. The van der Waals surface area contributed by atoms with Gasteiger partial charge in [0.2, 0.25) is 0 Å². The number of benzene rings is 1. The molecule has 1 aromatic carbocycles. The van der Waals surface area contributed by atoms with Crippen LogP contribution in [0.15, 0.2) is 18.2 Å². The van der Waals surface area contributed by atoms with Gasteiger partial charge in [-0.05, 0) is 37.0 Å². The quantitative estimate of drug-likeness (QED) is 0.878. The average Bonchev–Trinajstić information content (AvgIpc) is 2.42. The minimum atomic E-state index is -0.0563. The molecule has 0 heterocycles. The van der Waals surface area contributed by atoms with Gasteiger partial charge in [0.15, 0.2) is 6.61 Å². The van der Waals surface area contributed by atoms with Crippen LogP contribution >= 0.6 is 12.4 Å². The lowest BCUT2D eigenvalue weighted by atomic mass is 10.0. The Morgan fingerprint density at radius 3 is 2.48 bits per heavy atom. The van der Waals surface area contributed by atoms with Crippen molar-refractivity contribution in [3.63, 3.8) is 0 Å². The number of carbonyl (C=O) groups excluding carboxylic acids is 1. The van der Waals surface area contributed by atoms with E-state index in [1.165, 1.54) is 0 Å². The van der Waals surface area contributed by atoms with Gasteiger partial charge in [0.05, 0.1) is 0 Å². The van der Waals surface area contributed by atoms with Crippen molar-refractivity contribution in [1.82, 2.24) is 4.90 Å². The first-order valence-electron chi connectivity index (χ1n) is 7.05. The van der Waals surface area contributed by atoms with Gasteiger partial charge in [0, 0.05) is 19.6 Å². The lowest BCUT2D eigenvalue weighted by Crippen LogP contribution is -2.42. The molecule has 0 saturated carbocycles. The second kappa shape index (κ2) is 8.90. The van der Waals surface area contributed by atoms with E-state index >= 15 is 0 Å². The Hall–Kier alpha value is -1.26. The topological polar surface area (TPSA) is 55.6 Å². The van der Waals surface area contributed by atoms with Crippen LogP contribution in [0.2, 0.25) is 0 Å². The smallest absolute Gasteiger partial charge is 0.260 e. The zero-order chi connectivity index (χ0) is 15.3. The Morgan fingerprint density at radius 2 is 1.95 bits per heavy atom. The number of aryl methyl sites for hydroxylation is 1. The normalized spacial score (nSPS) is 11.8. The molecule has 0 fully saturated rings. The average molecular weight is 315 g/mol. The lowest BCUT2D eigenvalue weighted by Gasteiger charge is -2.24. The molecule has 1 atom stereocenters. The predicted octanol–water partition coefficient (Wildman–Crippen LogP) is 2.72. The molecule has 21 heavy (non-hydrogen) atoms. The molecule has 5 heteroatoms. The Morgan fingerprint density at radius 1 is 1.33 bits per heavy atom. The first-order valence-corrected chi connectivity index (χ1v) is 7.05. The van der Waals surface area contributed by atoms with E-state index in [2.05, 4.69) is 26.0 Å². The van der Waals surface area contributed by atoms with Crippen LogP contribution in [-0.4, -0.2) is 37.0 Å². The molecule has 0 saturated heterocycles. The number of nitrogens with two attached hydrogens (primary N) is 1. The van der Waals surface area contributed by atoms with Gasteiger partial charge in [0.25, 0.3) is 5.91 Å². The fourth-order valence-corrected chi connectivity index (χ4v) is 1.89. The molecule has 1 amide bonds. The molecule has 0 aromatic heterocycles. The SMILES string of the molecule is Cc1ccc(C(C)C)c(OCC(=O)N(C)C(C)CN)c1.Cl. The first kappa shape index (κ1) is 19.7. The zero-order valence-corrected chi connectivity index (χ0v) is 14.4. The Labute approximate surface area is 134 Å². The van der Waals surface area contributed by atoms with Crippen LogP contribution in [0.25, 0.3) is 0 Å². The maximum Gasteiger partial charge on any atom is 0.260 e. The van der Waals surface area contributed by atoms with Gasteiger partial charge in [-0.15, -0.1) is 12.4 Å². The highest BCUT2D eigenvalue weighted by atomic mass is 35.5. The number of hydrogen-bond donors (Lipinski definition) is 1. The van der Waals surface area contributed by atoms with Crippen molar-refractivity contribution < 1.29 is 9.53 Å². The number of ether oxygens (including phenoxy) is 1. The fourth-order valence-electron chi connectivity index (χ4n) is 1.89. The van der Waals surface area contributed by atoms with Crippen LogP contribution in [0.3, 0.4) is 0 Å². The zero-order valence-electron chi connectivity index (χ0n) is 13.6. The van der Waals surface area contributed by atoms with E-state index in [1.807, 2.05) is 19.9 Å². The largest absolute Gasteiger partial charge is 0.483 e. The third-order valence-corrected chi connectivity index (χ3v) is 3.54. The summed E-state index contributed by atoms with van der Waals surface area (Å²) in [6, 6.07) is 6.13. The molecule has 0 aliphatic rings. The summed E-state index contributed by atoms with van der Waals surface area (Å²) in [4.78, 5) is 13.7. The molecule has 0 spiro atoms. The van der Waals surface area contributed by atoms with Crippen molar-refractivity contribution in [2.24, 2.45) is 5.73 Å². The highest BCUT2D eigenvalue weighted by molar-refractivity contribution is 5.85. The van der Waals surface area contributed by atoms with Gasteiger partial charge in [0.1, 0.15) is 5.75 Å². The Kier molecular flexibility index (Phi) is 8.37. The number of likely N-dealkylation sites (N-methyl/N-ethyl adjacent to an activating group) is 1. The van der Waals surface area contributed by atoms with Gasteiger partial charge >= 0.3 is 0 Å². The Bertz CT molecular complexity index is 464. The lowest BCUT2D eigenvalue weighted by molar-refractivity contribution is -0.133. The second-order valence-electron chi connectivity index (χ2n) is 5.57. The summed E-state index contributed by atoms with van der Waals surface area (Å²) in [7, 11) is 1.75. The van der Waals surface area contributed by atoms with Gasteiger partial charge < -0.3 is 15.4 Å². The van der Waals surface area contributed by atoms with Crippen molar-refractivity contribution in [1.29, 1.82) is 0 Å². The molecule has 1 unspecified atom stereocenters. The van der Waals surface area contributed by atoms with E-state index in [9.17, 15) is 4.79 Å². The summed E-state index contributed by atoms with van der Waals surface area (Å²) in [6.07, 6.45) is 0. The maximum atomic E-state index is 12.0. The minimum absolute atomic E-state index is 0. The van der Waals surface area contributed by atoms with Crippen LogP contribution in [0.5, 0.6) is 5.75 Å². The molecule has 0 bridgehead atoms. The summed E-state index contributed by atoms with van der Waals surface area (Å²) in [5.74, 6) is 1.10. The van der Waals surface area contributed by atoms with Crippen LogP contribution < -0.4 is 10.5 Å². The van der Waals surface area contributed by atoms with Crippen molar-refractivity contribution in [2.75, 3.05) is 20.2 Å².